The quantitative estimate of drug-likeness (QED) is 0.0680. The van der Waals surface area contributed by atoms with E-state index in [1.54, 1.807) is 0 Å². The van der Waals surface area contributed by atoms with Crippen molar-refractivity contribution < 1.29 is 0 Å². The summed E-state index contributed by atoms with van der Waals surface area (Å²) in [6, 6.07) is 0. The van der Waals surface area contributed by atoms with E-state index >= 15 is 0 Å². The van der Waals surface area contributed by atoms with Crippen LogP contribution in [-0.2, 0) is 0 Å². The summed E-state index contributed by atoms with van der Waals surface area (Å²) in [5, 5.41) is 0. The van der Waals surface area contributed by atoms with Gasteiger partial charge in [0.05, 0.1) is 0 Å². The van der Waals surface area contributed by atoms with Crippen molar-refractivity contribution in [2.24, 2.45) is 5.73 Å². The molecule has 0 atom stereocenters. The van der Waals surface area contributed by atoms with E-state index < -0.39 is 0 Å². The average molecular weight is 620 g/mol. The van der Waals surface area contributed by atoms with Crippen LogP contribution < -0.4 is 5.73 Å². The Kier molecular flexibility index (Phi) is 37.4. The Hall–Kier alpha value is -0.0400. The highest BCUT2D eigenvalue weighted by Crippen LogP contribution is 2.27. The molecule has 0 aliphatic rings. The zero-order valence-corrected chi connectivity index (χ0v) is 31.7. The zero-order valence-electron chi connectivity index (χ0n) is 31.7. The molecule has 0 bridgehead atoms. The van der Waals surface area contributed by atoms with Crippen molar-refractivity contribution in [3.8, 4) is 0 Å². The molecule has 0 spiro atoms. The van der Waals surface area contributed by atoms with Gasteiger partial charge in [-0.2, -0.15) is 0 Å². The van der Waals surface area contributed by atoms with Crippen molar-refractivity contribution in [1.82, 2.24) is 0 Å². The molecule has 0 aliphatic carbocycles. The Morgan fingerprint density at radius 2 is 0.364 bits per heavy atom. The van der Waals surface area contributed by atoms with Crippen LogP contribution in [0.1, 0.15) is 271 Å². The van der Waals surface area contributed by atoms with Crippen LogP contribution >= 0.6 is 0 Å². The van der Waals surface area contributed by atoms with Crippen LogP contribution in [0.25, 0.3) is 0 Å². The fraction of sp³-hybridized carbons (Fsp3) is 1.00. The van der Waals surface area contributed by atoms with Crippen molar-refractivity contribution in [2.45, 2.75) is 277 Å². The van der Waals surface area contributed by atoms with Crippen molar-refractivity contribution in [3.05, 3.63) is 0 Å². The third-order valence-electron chi connectivity index (χ3n) is 10.6. The topological polar surface area (TPSA) is 26.0 Å². The summed E-state index contributed by atoms with van der Waals surface area (Å²) in [7, 11) is 0. The van der Waals surface area contributed by atoms with Gasteiger partial charge in [0.2, 0.25) is 0 Å². The van der Waals surface area contributed by atoms with Gasteiger partial charge in [-0.1, -0.05) is 252 Å². The summed E-state index contributed by atoms with van der Waals surface area (Å²) < 4.78 is 0. The Balaban J connectivity index is 4.06. The average Bonchev–Trinajstić information content (AvgIpc) is 3.02. The summed E-state index contributed by atoms with van der Waals surface area (Å²) in [5.74, 6) is 0. The molecule has 0 unspecified atom stereocenters. The first-order chi connectivity index (χ1) is 21.7. The summed E-state index contributed by atoms with van der Waals surface area (Å²) in [6.45, 7) is 6.94. The molecule has 1 heteroatoms. The van der Waals surface area contributed by atoms with Gasteiger partial charge in [-0.05, 0) is 19.3 Å². The molecule has 0 amide bonds. The molecule has 0 aliphatic heterocycles. The van der Waals surface area contributed by atoms with Crippen molar-refractivity contribution >= 4 is 0 Å². The molecule has 0 aromatic carbocycles. The maximum atomic E-state index is 7.19. The minimum absolute atomic E-state index is 0.121. The highest BCUT2D eigenvalue weighted by Gasteiger charge is 2.23. The second kappa shape index (κ2) is 37.4. The molecule has 0 radical (unpaired) electrons. The maximum absolute atomic E-state index is 7.19. The van der Waals surface area contributed by atoms with Crippen LogP contribution in [0, 0.1) is 0 Å². The predicted molar refractivity (Wildman–Crippen MR) is 204 cm³/mol. The highest BCUT2D eigenvalue weighted by molar-refractivity contribution is 4.84. The number of hydrogen-bond donors (Lipinski definition) is 1. The SMILES string of the molecule is CCCCCCCCCCCCCCC(N)(CCCCCCCCCCCCCC)CCCCCCCCCCCCCC. The fourth-order valence-corrected chi connectivity index (χ4v) is 7.33. The van der Waals surface area contributed by atoms with Crippen LogP contribution in [0.2, 0.25) is 0 Å². The van der Waals surface area contributed by atoms with Gasteiger partial charge in [-0.3, -0.25) is 0 Å². The van der Waals surface area contributed by atoms with E-state index in [1.165, 1.54) is 250 Å². The van der Waals surface area contributed by atoms with E-state index in [1.807, 2.05) is 0 Å². The zero-order chi connectivity index (χ0) is 32.1. The largest absolute Gasteiger partial charge is 0.325 e. The Morgan fingerprint density at radius 3 is 0.523 bits per heavy atom. The minimum atomic E-state index is 0.121. The highest BCUT2D eigenvalue weighted by atomic mass is 14.7. The molecule has 0 aromatic rings. The van der Waals surface area contributed by atoms with E-state index in [-0.39, 0.29) is 5.54 Å². The first kappa shape index (κ1) is 44.0. The van der Waals surface area contributed by atoms with Crippen molar-refractivity contribution in [3.63, 3.8) is 0 Å². The number of nitrogens with two attached hydrogens (primary N) is 1. The van der Waals surface area contributed by atoms with Gasteiger partial charge >= 0.3 is 0 Å². The summed E-state index contributed by atoms with van der Waals surface area (Å²) >= 11 is 0. The molecule has 0 rings (SSSR count). The van der Waals surface area contributed by atoms with Gasteiger partial charge in [-0.25, -0.2) is 0 Å². The predicted octanol–water partition coefficient (Wildman–Crippen LogP) is 16.0. The van der Waals surface area contributed by atoms with E-state index in [0.717, 1.165) is 0 Å². The van der Waals surface area contributed by atoms with E-state index in [4.69, 9.17) is 5.73 Å². The fourth-order valence-electron chi connectivity index (χ4n) is 7.33. The van der Waals surface area contributed by atoms with E-state index in [2.05, 4.69) is 20.8 Å². The molecule has 0 fully saturated rings. The first-order valence-electron chi connectivity index (χ1n) is 21.5. The van der Waals surface area contributed by atoms with E-state index in [9.17, 15) is 0 Å². The summed E-state index contributed by atoms with van der Waals surface area (Å²) in [6.07, 6.45) is 55.5. The summed E-state index contributed by atoms with van der Waals surface area (Å²) in [4.78, 5) is 0. The van der Waals surface area contributed by atoms with Gasteiger partial charge in [0.25, 0.3) is 0 Å². The second-order valence-electron chi connectivity index (χ2n) is 15.3. The Morgan fingerprint density at radius 1 is 0.227 bits per heavy atom. The van der Waals surface area contributed by atoms with Crippen LogP contribution in [0.15, 0.2) is 0 Å². The third-order valence-corrected chi connectivity index (χ3v) is 10.6. The van der Waals surface area contributed by atoms with Crippen LogP contribution in [0.5, 0.6) is 0 Å². The molecule has 2 N–H and O–H groups in total. The lowest BCUT2D eigenvalue weighted by molar-refractivity contribution is 0.302. The summed E-state index contributed by atoms with van der Waals surface area (Å²) in [5.41, 5.74) is 7.31. The maximum Gasteiger partial charge on any atom is 0.0154 e. The second-order valence-corrected chi connectivity index (χ2v) is 15.3. The van der Waals surface area contributed by atoms with Crippen LogP contribution in [0.4, 0.5) is 0 Å². The normalized spacial score (nSPS) is 12.0. The Labute approximate surface area is 281 Å². The number of unbranched alkanes of at least 4 members (excludes halogenated alkanes) is 33. The smallest absolute Gasteiger partial charge is 0.0154 e. The molecule has 1 nitrogen and oxygen atoms in total. The molecular formula is C43H89N. The van der Waals surface area contributed by atoms with Crippen molar-refractivity contribution in [1.29, 1.82) is 0 Å². The lowest BCUT2D eigenvalue weighted by Gasteiger charge is -2.30. The van der Waals surface area contributed by atoms with Gasteiger partial charge in [0, 0.05) is 5.54 Å². The first-order valence-corrected chi connectivity index (χ1v) is 21.5. The standard InChI is InChI=1S/C43H89N/c1-4-7-10-13-16-19-22-25-28-31-34-37-40-43(44,41-38-35-32-29-26-23-20-17-14-11-8-5-2)42-39-36-33-30-27-24-21-18-15-12-9-6-3/h4-42,44H2,1-3H3. The molecular weight excluding hydrogens is 530 g/mol. The van der Waals surface area contributed by atoms with Crippen LogP contribution in [-0.4, -0.2) is 5.54 Å². The van der Waals surface area contributed by atoms with Gasteiger partial charge in [0.15, 0.2) is 0 Å². The lowest BCUT2D eigenvalue weighted by atomic mass is 9.82. The minimum Gasteiger partial charge on any atom is -0.325 e. The number of rotatable bonds is 39. The van der Waals surface area contributed by atoms with E-state index in [0.29, 0.717) is 0 Å². The lowest BCUT2D eigenvalue weighted by Crippen LogP contribution is -2.39. The Bertz CT molecular complexity index is 430. The van der Waals surface area contributed by atoms with Gasteiger partial charge in [-0.15, -0.1) is 0 Å². The molecule has 0 heterocycles. The molecule has 0 saturated carbocycles. The molecule has 0 saturated heterocycles. The van der Waals surface area contributed by atoms with Gasteiger partial charge < -0.3 is 5.73 Å². The van der Waals surface area contributed by atoms with Gasteiger partial charge in [0.1, 0.15) is 0 Å². The monoisotopic (exact) mass is 620 g/mol. The van der Waals surface area contributed by atoms with Crippen molar-refractivity contribution in [2.75, 3.05) is 0 Å². The molecule has 0 aromatic heterocycles. The number of hydrogen-bond acceptors (Lipinski definition) is 1. The molecule has 44 heavy (non-hydrogen) atoms. The van der Waals surface area contributed by atoms with Crippen LogP contribution in [0.3, 0.4) is 0 Å². The molecule has 266 valence electrons. The third kappa shape index (κ3) is 34.8.